The molecule has 0 radical (unpaired) electrons. The molecule has 3 aromatic carbocycles. The molecule has 168 valence electrons. The van der Waals surface area contributed by atoms with Crippen LogP contribution in [0.2, 0.25) is 0 Å². The zero-order chi connectivity index (χ0) is 23.4. The number of ether oxygens (including phenoxy) is 1. The highest BCUT2D eigenvalue weighted by atomic mass is 32.1. The van der Waals surface area contributed by atoms with Gasteiger partial charge in [0.2, 0.25) is 5.91 Å². The van der Waals surface area contributed by atoms with Crippen LogP contribution >= 0.6 is 11.5 Å². The molecule has 5 heteroatoms. The molecule has 4 aromatic rings. The number of aryl methyl sites for hydroxylation is 3. The van der Waals surface area contributed by atoms with Gasteiger partial charge in [0.15, 0.2) is 0 Å². The van der Waals surface area contributed by atoms with Crippen molar-refractivity contribution in [2.75, 3.05) is 0 Å². The number of carbonyl (C=O) groups excluding carboxylic acids is 1. The summed E-state index contributed by atoms with van der Waals surface area (Å²) in [5.74, 6) is 0.716. The summed E-state index contributed by atoms with van der Waals surface area (Å²) in [6.45, 7) is 8.22. The van der Waals surface area contributed by atoms with Gasteiger partial charge in [-0.2, -0.15) is 4.37 Å². The summed E-state index contributed by atoms with van der Waals surface area (Å²) < 4.78 is 10.4. The molecular weight excluding hydrogens is 428 g/mol. The van der Waals surface area contributed by atoms with Crippen molar-refractivity contribution in [3.8, 4) is 16.9 Å². The van der Waals surface area contributed by atoms with Crippen molar-refractivity contribution in [2.45, 2.75) is 40.3 Å². The largest absolute Gasteiger partial charge is 0.489 e. The van der Waals surface area contributed by atoms with E-state index < -0.39 is 0 Å². The Bertz CT molecular complexity index is 1230. The highest BCUT2D eigenvalue weighted by Crippen LogP contribution is 2.33. The Morgan fingerprint density at radius 2 is 1.73 bits per heavy atom. The Kier molecular flexibility index (Phi) is 6.90. The lowest BCUT2D eigenvalue weighted by Crippen LogP contribution is -2.27. The molecule has 4 rings (SSSR count). The van der Waals surface area contributed by atoms with Gasteiger partial charge in [-0.3, -0.25) is 4.79 Å². The maximum Gasteiger partial charge on any atom is 0.217 e. The number of hydrogen-bond acceptors (Lipinski definition) is 4. The van der Waals surface area contributed by atoms with Crippen molar-refractivity contribution in [3.05, 3.63) is 106 Å². The number of rotatable bonds is 7. The van der Waals surface area contributed by atoms with Crippen LogP contribution in [0.5, 0.6) is 5.75 Å². The van der Waals surface area contributed by atoms with Crippen molar-refractivity contribution >= 4 is 17.4 Å². The number of nitrogens with zero attached hydrogens (tertiary/aromatic N) is 1. The van der Waals surface area contributed by atoms with Crippen molar-refractivity contribution in [2.24, 2.45) is 0 Å². The number of carbonyl (C=O) groups is 1. The highest BCUT2D eigenvalue weighted by molar-refractivity contribution is 7.05. The SMILES string of the molecule is CC(=O)NC(c1ccc(OCc2c(C)nsc2C)cc1)c1ccc(C)cc1-c1ccccc1. The maximum atomic E-state index is 12.1. The number of benzene rings is 3. The number of aromatic nitrogens is 1. The van der Waals surface area contributed by atoms with E-state index >= 15 is 0 Å². The van der Waals surface area contributed by atoms with Gasteiger partial charge < -0.3 is 10.1 Å². The van der Waals surface area contributed by atoms with Crippen LogP contribution in [0.1, 0.15) is 45.8 Å². The van der Waals surface area contributed by atoms with E-state index in [2.05, 4.69) is 53.9 Å². The van der Waals surface area contributed by atoms with E-state index in [0.717, 1.165) is 39.3 Å². The standard InChI is InChI=1S/C28H28N2O2S/c1-18-10-15-25(26(16-18)22-8-6-5-7-9-22)28(29-21(4)31)23-11-13-24(14-12-23)32-17-27-19(2)30-33-20(27)3/h5-16,28H,17H2,1-4H3,(H,29,31). The summed E-state index contributed by atoms with van der Waals surface area (Å²) in [7, 11) is 0. The first-order valence-corrected chi connectivity index (χ1v) is 11.8. The molecule has 0 saturated carbocycles. The van der Waals surface area contributed by atoms with Gasteiger partial charge in [0.05, 0.1) is 11.7 Å². The second-order valence-corrected chi connectivity index (χ2v) is 9.23. The summed E-state index contributed by atoms with van der Waals surface area (Å²) in [4.78, 5) is 13.3. The van der Waals surface area contributed by atoms with Crippen LogP contribution in [0.15, 0.2) is 72.8 Å². The minimum absolute atomic E-state index is 0.0733. The van der Waals surface area contributed by atoms with Gasteiger partial charge in [0.1, 0.15) is 12.4 Å². The Morgan fingerprint density at radius 1 is 1.00 bits per heavy atom. The minimum atomic E-state index is -0.266. The Labute approximate surface area is 199 Å². The van der Waals surface area contributed by atoms with Gasteiger partial charge in [-0.1, -0.05) is 66.2 Å². The van der Waals surface area contributed by atoms with Gasteiger partial charge in [-0.15, -0.1) is 0 Å². The third-order valence-corrected chi connectivity index (χ3v) is 6.62. The van der Waals surface area contributed by atoms with E-state index in [9.17, 15) is 4.79 Å². The number of amides is 1. The fraction of sp³-hybridized carbons (Fsp3) is 0.214. The maximum absolute atomic E-state index is 12.1. The normalized spacial score (nSPS) is 11.8. The summed E-state index contributed by atoms with van der Waals surface area (Å²) in [5.41, 5.74) is 7.65. The molecule has 0 aliphatic rings. The molecule has 33 heavy (non-hydrogen) atoms. The van der Waals surface area contributed by atoms with E-state index in [1.165, 1.54) is 22.0 Å². The van der Waals surface area contributed by atoms with Crippen LogP contribution in [-0.2, 0) is 11.4 Å². The lowest BCUT2D eigenvalue weighted by atomic mass is 9.89. The molecule has 0 aliphatic heterocycles. The molecule has 0 aliphatic carbocycles. The van der Waals surface area contributed by atoms with Gasteiger partial charge in [0.25, 0.3) is 0 Å². The van der Waals surface area contributed by atoms with Crippen LogP contribution in [0.3, 0.4) is 0 Å². The fourth-order valence-corrected chi connectivity index (χ4v) is 4.65. The van der Waals surface area contributed by atoms with E-state index in [1.807, 2.05) is 49.4 Å². The van der Waals surface area contributed by atoms with Gasteiger partial charge in [-0.25, -0.2) is 0 Å². The van der Waals surface area contributed by atoms with Crippen molar-refractivity contribution in [1.29, 1.82) is 0 Å². The zero-order valence-electron chi connectivity index (χ0n) is 19.4. The molecule has 1 amide bonds. The Morgan fingerprint density at radius 3 is 2.36 bits per heavy atom. The van der Waals surface area contributed by atoms with Crippen LogP contribution in [0.4, 0.5) is 0 Å². The second kappa shape index (κ2) is 10.0. The molecule has 0 fully saturated rings. The summed E-state index contributed by atoms with van der Waals surface area (Å²) in [6, 6.07) is 24.4. The van der Waals surface area contributed by atoms with Crippen LogP contribution in [-0.4, -0.2) is 10.3 Å². The van der Waals surface area contributed by atoms with Crippen molar-refractivity contribution < 1.29 is 9.53 Å². The van der Waals surface area contributed by atoms with E-state index in [4.69, 9.17) is 4.74 Å². The summed E-state index contributed by atoms with van der Waals surface area (Å²) >= 11 is 1.51. The first-order chi connectivity index (χ1) is 15.9. The first-order valence-electron chi connectivity index (χ1n) is 11.0. The highest BCUT2D eigenvalue weighted by Gasteiger charge is 2.20. The third-order valence-electron chi connectivity index (χ3n) is 5.73. The third kappa shape index (κ3) is 5.32. The molecule has 1 aromatic heterocycles. The number of nitrogens with one attached hydrogen (secondary N) is 1. The van der Waals surface area contributed by atoms with E-state index in [1.54, 1.807) is 6.92 Å². The quantitative estimate of drug-likeness (QED) is 0.343. The number of hydrogen-bond donors (Lipinski definition) is 1. The lowest BCUT2D eigenvalue weighted by Gasteiger charge is -2.23. The van der Waals surface area contributed by atoms with Crippen molar-refractivity contribution in [1.82, 2.24) is 9.69 Å². The van der Waals surface area contributed by atoms with Crippen LogP contribution in [0, 0.1) is 20.8 Å². The average molecular weight is 457 g/mol. The molecule has 4 nitrogen and oxygen atoms in total. The summed E-state index contributed by atoms with van der Waals surface area (Å²) in [5, 5.41) is 3.14. The average Bonchev–Trinajstić information content (AvgIpc) is 3.14. The molecule has 0 bridgehead atoms. The molecule has 1 unspecified atom stereocenters. The summed E-state index contributed by atoms with van der Waals surface area (Å²) in [6.07, 6.45) is 0. The van der Waals surface area contributed by atoms with Gasteiger partial charge in [0, 0.05) is 17.4 Å². The predicted molar refractivity (Wildman–Crippen MR) is 135 cm³/mol. The van der Waals surface area contributed by atoms with Gasteiger partial charge in [-0.05, 0) is 66.7 Å². The second-order valence-electron chi connectivity index (χ2n) is 8.25. The van der Waals surface area contributed by atoms with Crippen molar-refractivity contribution in [3.63, 3.8) is 0 Å². The molecular formula is C28H28N2O2S. The lowest BCUT2D eigenvalue weighted by molar-refractivity contribution is -0.119. The van der Waals surface area contributed by atoms with E-state index in [-0.39, 0.29) is 11.9 Å². The fourth-order valence-electron chi connectivity index (χ4n) is 3.95. The van der Waals surface area contributed by atoms with E-state index in [0.29, 0.717) is 6.61 Å². The smallest absolute Gasteiger partial charge is 0.217 e. The van der Waals surface area contributed by atoms with Crippen LogP contribution in [0.25, 0.3) is 11.1 Å². The predicted octanol–water partition coefficient (Wildman–Crippen LogP) is 6.54. The van der Waals surface area contributed by atoms with Gasteiger partial charge >= 0.3 is 0 Å². The Balaban J connectivity index is 1.64. The first kappa shape index (κ1) is 22.7. The minimum Gasteiger partial charge on any atom is -0.489 e. The zero-order valence-corrected chi connectivity index (χ0v) is 20.2. The van der Waals surface area contributed by atoms with Crippen LogP contribution < -0.4 is 10.1 Å². The molecule has 0 saturated heterocycles. The molecule has 1 heterocycles. The topological polar surface area (TPSA) is 51.2 Å². The molecule has 1 N–H and O–H groups in total. The molecule has 0 spiro atoms. The Hall–Kier alpha value is -3.44. The molecule has 1 atom stereocenters. The monoisotopic (exact) mass is 456 g/mol.